The molecule has 0 fully saturated rings. The van der Waals surface area contributed by atoms with Crippen LogP contribution in [0.5, 0.6) is 0 Å². The van der Waals surface area contributed by atoms with E-state index < -0.39 is 5.82 Å². The molecule has 0 saturated carbocycles. The van der Waals surface area contributed by atoms with Crippen molar-refractivity contribution < 1.29 is 4.39 Å². The highest BCUT2D eigenvalue weighted by Crippen LogP contribution is 2.23. The lowest BCUT2D eigenvalue weighted by atomic mass is 10.2. The van der Waals surface area contributed by atoms with E-state index in [1.54, 1.807) is 17.8 Å². The number of nitrogens with zero attached hydrogens (tertiary/aromatic N) is 2. The predicted octanol–water partition coefficient (Wildman–Crippen LogP) is 2.37. The smallest absolute Gasteiger partial charge is 0.152 e. The van der Waals surface area contributed by atoms with Crippen molar-refractivity contribution in [3.8, 4) is 0 Å². The molecule has 0 saturated heterocycles. The Hall–Kier alpha value is -1.09. The summed E-state index contributed by atoms with van der Waals surface area (Å²) in [7, 11) is 1.76. The first-order valence-electron chi connectivity index (χ1n) is 3.46. The zero-order valence-electron chi connectivity index (χ0n) is 6.38. The SMILES string of the molecule is Cn1ncc2c(F)c(Cl)ccc21. The van der Waals surface area contributed by atoms with Crippen LogP contribution >= 0.6 is 11.6 Å². The number of fused-ring (bicyclic) bond motifs is 1. The van der Waals surface area contributed by atoms with Crippen molar-refractivity contribution in [1.82, 2.24) is 9.78 Å². The molecular formula is C8H6ClFN2. The van der Waals surface area contributed by atoms with Crippen LogP contribution in [0.2, 0.25) is 5.02 Å². The number of hydrogen-bond acceptors (Lipinski definition) is 1. The van der Waals surface area contributed by atoms with E-state index in [0.29, 0.717) is 5.39 Å². The molecule has 4 heteroatoms. The van der Waals surface area contributed by atoms with Crippen LogP contribution in [0, 0.1) is 5.82 Å². The van der Waals surface area contributed by atoms with Gasteiger partial charge in [-0.2, -0.15) is 5.10 Å². The molecular weight excluding hydrogens is 179 g/mol. The van der Waals surface area contributed by atoms with Crippen molar-refractivity contribution in [3.05, 3.63) is 29.2 Å². The van der Waals surface area contributed by atoms with Crippen molar-refractivity contribution >= 4 is 22.5 Å². The Bertz CT molecular complexity index is 436. The van der Waals surface area contributed by atoms with E-state index >= 15 is 0 Å². The summed E-state index contributed by atoms with van der Waals surface area (Å²) in [5.41, 5.74) is 0.747. The molecule has 2 aromatic rings. The molecule has 0 amide bonds. The molecule has 0 spiro atoms. The lowest BCUT2D eigenvalue weighted by Gasteiger charge is -1.96. The number of hydrogen-bond donors (Lipinski definition) is 0. The van der Waals surface area contributed by atoms with E-state index in [2.05, 4.69) is 5.10 Å². The summed E-state index contributed by atoms with van der Waals surface area (Å²) in [5, 5.41) is 4.51. The van der Waals surface area contributed by atoms with Crippen LogP contribution in [-0.2, 0) is 7.05 Å². The largest absolute Gasteiger partial charge is 0.268 e. The zero-order chi connectivity index (χ0) is 8.72. The molecule has 1 aromatic carbocycles. The Morgan fingerprint density at radius 2 is 2.25 bits per heavy atom. The summed E-state index contributed by atoms with van der Waals surface area (Å²) in [5.74, 6) is -0.401. The molecule has 0 atom stereocenters. The quantitative estimate of drug-likeness (QED) is 0.615. The summed E-state index contributed by atoms with van der Waals surface area (Å²) in [6, 6.07) is 3.27. The number of rotatable bonds is 0. The van der Waals surface area contributed by atoms with Gasteiger partial charge in [-0.05, 0) is 12.1 Å². The fourth-order valence-corrected chi connectivity index (χ4v) is 1.33. The second kappa shape index (κ2) is 2.45. The van der Waals surface area contributed by atoms with Gasteiger partial charge in [0, 0.05) is 7.05 Å². The highest BCUT2D eigenvalue weighted by atomic mass is 35.5. The fourth-order valence-electron chi connectivity index (χ4n) is 1.17. The van der Waals surface area contributed by atoms with Gasteiger partial charge in [-0.3, -0.25) is 4.68 Å². The Morgan fingerprint density at radius 3 is 3.00 bits per heavy atom. The van der Waals surface area contributed by atoms with Crippen LogP contribution in [0.1, 0.15) is 0 Å². The van der Waals surface area contributed by atoms with Gasteiger partial charge < -0.3 is 0 Å². The van der Waals surface area contributed by atoms with Crippen LogP contribution in [0.3, 0.4) is 0 Å². The van der Waals surface area contributed by atoms with Crippen molar-refractivity contribution in [2.45, 2.75) is 0 Å². The molecule has 0 aliphatic heterocycles. The minimum absolute atomic E-state index is 0.135. The topological polar surface area (TPSA) is 17.8 Å². The van der Waals surface area contributed by atoms with E-state index in [1.807, 2.05) is 0 Å². The molecule has 1 heterocycles. The normalized spacial score (nSPS) is 10.9. The second-order valence-electron chi connectivity index (χ2n) is 2.56. The van der Waals surface area contributed by atoms with E-state index in [9.17, 15) is 4.39 Å². The summed E-state index contributed by atoms with van der Waals surface area (Å²) < 4.78 is 14.8. The number of aromatic nitrogens is 2. The summed E-state index contributed by atoms with van der Waals surface area (Å²) in [6.45, 7) is 0. The lowest BCUT2D eigenvalue weighted by Crippen LogP contribution is -1.88. The average Bonchev–Trinajstić information content (AvgIpc) is 2.41. The van der Waals surface area contributed by atoms with Crippen molar-refractivity contribution in [2.75, 3.05) is 0 Å². The first kappa shape index (κ1) is 7.55. The highest BCUT2D eigenvalue weighted by Gasteiger charge is 2.07. The van der Waals surface area contributed by atoms with Crippen LogP contribution in [0.4, 0.5) is 4.39 Å². The van der Waals surface area contributed by atoms with Gasteiger partial charge in [-0.1, -0.05) is 11.6 Å². The van der Waals surface area contributed by atoms with Crippen molar-refractivity contribution in [2.24, 2.45) is 7.05 Å². The van der Waals surface area contributed by atoms with Gasteiger partial charge in [0.2, 0.25) is 0 Å². The lowest BCUT2D eigenvalue weighted by molar-refractivity contribution is 0.640. The monoisotopic (exact) mass is 184 g/mol. The Morgan fingerprint density at radius 1 is 1.50 bits per heavy atom. The van der Waals surface area contributed by atoms with E-state index in [1.165, 1.54) is 12.3 Å². The minimum atomic E-state index is -0.401. The maximum absolute atomic E-state index is 13.2. The van der Waals surface area contributed by atoms with Gasteiger partial charge in [-0.15, -0.1) is 0 Å². The first-order chi connectivity index (χ1) is 5.70. The molecule has 62 valence electrons. The third kappa shape index (κ3) is 0.898. The Balaban J connectivity index is 2.93. The summed E-state index contributed by atoms with van der Waals surface area (Å²) in [4.78, 5) is 0. The minimum Gasteiger partial charge on any atom is -0.268 e. The van der Waals surface area contributed by atoms with Crippen molar-refractivity contribution in [3.63, 3.8) is 0 Å². The molecule has 0 aliphatic rings. The van der Waals surface area contributed by atoms with Crippen LogP contribution < -0.4 is 0 Å². The Kier molecular flexibility index (Phi) is 1.54. The van der Waals surface area contributed by atoms with Crippen LogP contribution in [-0.4, -0.2) is 9.78 Å². The van der Waals surface area contributed by atoms with Gasteiger partial charge in [0.1, 0.15) is 0 Å². The van der Waals surface area contributed by atoms with Gasteiger partial charge >= 0.3 is 0 Å². The third-order valence-electron chi connectivity index (χ3n) is 1.82. The van der Waals surface area contributed by atoms with Gasteiger partial charge in [0.25, 0.3) is 0 Å². The van der Waals surface area contributed by atoms with Crippen LogP contribution in [0.25, 0.3) is 10.9 Å². The summed E-state index contributed by atoms with van der Waals surface area (Å²) >= 11 is 5.58. The third-order valence-corrected chi connectivity index (χ3v) is 2.11. The fraction of sp³-hybridized carbons (Fsp3) is 0.125. The molecule has 2 rings (SSSR count). The van der Waals surface area contributed by atoms with Gasteiger partial charge in [0.05, 0.1) is 22.1 Å². The molecule has 0 aliphatic carbocycles. The maximum Gasteiger partial charge on any atom is 0.152 e. The molecule has 0 bridgehead atoms. The van der Waals surface area contributed by atoms with E-state index in [4.69, 9.17) is 11.6 Å². The standard InChI is InChI=1S/C8H6ClFN2/c1-12-7-3-2-6(9)8(10)5(7)4-11-12/h2-4H,1H3. The Labute approximate surface area is 73.6 Å². The highest BCUT2D eigenvalue weighted by molar-refractivity contribution is 6.31. The number of aryl methyl sites for hydroxylation is 1. The van der Waals surface area contributed by atoms with E-state index in [0.717, 1.165) is 5.52 Å². The molecule has 0 unspecified atom stereocenters. The molecule has 12 heavy (non-hydrogen) atoms. The molecule has 2 nitrogen and oxygen atoms in total. The van der Waals surface area contributed by atoms with Crippen LogP contribution in [0.15, 0.2) is 18.3 Å². The second-order valence-corrected chi connectivity index (χ2v) is 2.97. The first-order valence-corrected chi connectivity index (χ1v) is 3.83. The van der Waals surface area contributed by atoms with E-state index in [-0.39, 0.29) is 5.02 Å². The van der Waals surface area contributed by atoms with Crippen molar-refractivity contribution in [1.29, 1.82) is 0 Å². The predicted molar refractivity (Wildman–Crippen MR) is 45.7 cm³/mol. The number of benzene rings is 1. The molecule has 0 radical (unpaired) electrons. The molecule has 0 N–H and O–H groups in total. The average molecular weight is 185 g/mol. The van der Waals surface area contributed by atoms with Gasteiger partial charge in [-0.25, -0.2) is 4.39 Å². The van der Waals surface area contributed by atoms with Gasteiger partial charge in [0.15, 0.2) is 5.82 Å². The number of halogens is 2. The molecule has 1 aromatic heterocycles. The zero-order valence-corrected chi connectivity index (χ0v) is 7.14. The maximum atomic E-state index is 13.2. The summed E-state index contributed by atoms with van der Waals surface area (Å²) in [6.07, 6.45) is 1.47.